The lowest BCUT2D eigenvalue weighted by Crippen LogP contribution is -2.44. The van der Waals surface area contributed by atoms with E-state index in [0.29, 0.717) is 0 Å². The molecule has 1 amide bonds. The molecule has 0 aromatic heterocycles. The molecular weight excluding hydrogens is 250 g/mol. The van der Waals surface area contributed by atoms with Gasteiger partial charge in [-0.3, -0.25) is 4.79 Å². The second kappa shape index (κ2) is 5.83. The molecule has 0 unspecified atom stereocenters. The van der Waals surface area contributed by atoms with Crippen molar-refractivity contribution in [1.29, 1.82) is 0 Å². The summed E-state index contributed by atoms with van der Waals surface area (Å²) in [5, 5.41) is 6.35. The molecule has 4 heteroatoms. The Balaban J connectivity index is 2.14. The molecule has 2 rings (SSSR count). The van der Waals surface area contributed by atoms with E-state index in [1.54, 1.807) is 0 Å². The van der Waals surface area contributed by atoms with E-state index in [1.807, 2.05) is 32.9 Å². The molecule has 0 atom stereocenters. The van der Waals surface area contributed by atoms with Crippen molar-refractivity contribution in [3.05, 3.63) is 29.3 Å². The van der Waals surface area contributed by atoms with Gasteiger partial charge in [0.25, 0.3) is 5.91 Å². The van der Waals surface area contributed by atoms with Gasteiger partial charge in [0.15, 0.2) is 0 Å². The standard InChI is InChI=1S/C16H25N3O/c1-12-11-13(15(20)18-16(2,3)4)5-6-14(12)19-9-7-17-8-10-19/h5-6,11,17H,7-10H2,1-4H3,(H,18,20). The molecule has 4 nitrogen and oxygen atoms in total. The van der Waals surface area contributed by atoms with Gasteiger partial charge >= 0.3 is 0 Å². The van der Waals surface area contributed by atoms with Gasteiger partial charge in [0.1, 0.15) is 0 Å². The second-order valence-electron chi connectivity index (χ2n) is 6.44. The van der Waals surface area contributed by atoms with Crippen molar-refractivity contribution in [2.75, 3.05) is 31.1 Å². The van der Waals surface area contributed by atoms with Crippen LogP contribution in [0.5, 0.6) is 0 Å². The number of hydrogen-bond donors (Lipinski definition) is 2. The van der Waals surface area contributed by atoms with Crippen molar-refractivity contribution in [1.82, 2.24) is 10.6 Å². The van der Waals surface area contributed by atoms with Crippen LogP contribution in [-0.4, -0.2) is 37.6 Å². The maximum absolute atomic E-state index is 12.2. The van der Waals surface area contributed by atoms with Crippen LogP contribution in [0.3, 0.4) is 0 Å². The number of anilines is 1. The minimum Gasteiger partial charge on any atom is -0.369 e. The minimum atomic E-state index is -0.206. The maximum atomic E-state index is 12.2. The van der Waals surface area contributed by atoms with Crippen molar-refractivity contribution in [3.8, 4) is 0 Å². The molecule has 0 bridgehead atoms. The number of benzene rings is 1. The van der Waals surface area contributed by atoms with E-state index < -0.39 is 0 Å². The molecule has 1 saturated heterocycles. The van der Waals surface area contributed by atoms with Crippen LogP contribution in [0.1, 0.15) is 36.7 Å². The average Bonchev–Trinajstić information content (AvgIpc) is 2.37. The summed E-state index contributed by atoms with van der Waals surface area (Å²) >= 11 is 0. The van der Waals surface area contributed by atoms with Crippen molar-refractivity contribution < 1.29 is 4.79 Å². The van der Waals surface area contributed by atoms with Crippen molar-refractivity contribution in [2.45, 2.75) is 33.2 Å². The molecular formula is C16H25N3O. The number of carbonyl (C=O) groups is 1. The first-order chi connectivity index (χ1) is 9.37. The molecule has 0 saturated carbocycles. The van der Waals surface area contributed by atoms with Gasteiger partial charge in [0, 0.05) is 43.0 Å². The molecule has 0 radical (unpaired) electrons. The first-order valence-corrected chi connectivity index (χ1v) is 7.26. The average molecular weight is 275 g/mol. The SMILES string of the molecule is Cc1cc(C(=O)NC(C)(C)C)ccc1N1CCNCC1. The van der Waals surface area contributed by atoms with Gasteiger partial charge in [-0.1, -0.05) is 0 Å². The fraction of sp³-hybridized carbons (Fsp3) is 0.562. The van der Waals surface area contributed by atoms with E-state index in [1.165, 1.54) is 5.69 Å². The zero-order valence-electron chi connectivity index (χ0n) is 12.9. The predicted molar refractivity (Wildman–Crippen MR) is 83.5 cm³/mol. The van der Waals surface area contributed by atoms with Gasteiger partial charge in [-0.25, -0.2) is 0 Å². The number of piperazine rings is 1. The summed E-state index contributed by atoms with van der Waals surface area (Å²) in [6.07, 6.45) is 0. The van der Waals surface area contributed by atoms with E-state index in [9.17, 15) is 4.79 Å². The molecule has 1 aliphatic heterocycles. The molecule has 0 spiro atoms. The Morgan fingerprint density at radius 2 is 1.90 bits per heavy atom. The number of carbonyl (C=O) groups excluding carboxylic acids is 1. The quantitative estimate of drug-likeness (QED) is 0.867. The van der Waals surface area contributed by atoms with Crippen LogP contribution in [0.15, 0.2) is 18.2 Å². The second-order valence-corrected chi connectivity index (χ2v) is 6.44. The Bertz CT molecular complexity index is 485. The highest BCUT2D eigenvalue weighted by atomic mass is 16.1. The predicted octanol–water partition coefficient (Wildman–Crippen LogP) is 1.93. The van der Waals surface area contributed by atoms with Gasteiger partial charge in [0.2, 0.25) is 0 Å². The summed E-state index contributed by atoms with van der Waals surface area (Å²) in [4.78, 5) is 14.5. The Morgan fingerprint density at radius 1 is 1.25 bits per heavy atom. The molecule has 2 N–H and O–H groups in total. The number of amides is 1. The largest absolute Gasteiger partial charge is 0.369 e. The van der Waals surface area contributed by atoms with Crippen LogP contribution >= 0.6 is 0 Å². The van der Waals surface area contributed by atoms with Crippen molar-refractivity contribution in [3.63, 3.8) is 0 Å². The third kappa shape index (κ3) is 3.73. The third-order valence-electron chi connectivity index (χ3n) is 3.41. The highest BCUT2D eigenvalue weighted by molar-refractivity contribution is 5.95. The van der Waals surface area contributed by atoms with Gasteiger partial charge in [-0.15, -0.1) is 0 Å². The van der Waals surface area contributed by atoms with Crippen LogP contribution in [0.25, 0.3) is 0 Å². The highest BCUT2D eigenvalue weighted by Crippen LogP contribution is 2.22. The molecule has 1 aromatic rings. The van der Waals surface area contributed by atoms with E-state index in [4.69, 9.17) is 0 Å². The number of nitrogens with zero attached hydrogens (tertiary/aromatic N) is 1. The Kier molecular flexibility index (Phi) is 4.33. The number of rotatable bonds is 2. The first kappa shape index (κ1) is 14.9. The number of aryl methyl sites for hydroxylation is 1. The molecule has 1 aliphatic rings. The van der Waals surface area contributed by atoms with E-state index >= 15 is 0 Å². The highest BCUT2D eigenvalue weighted by Gasteiger charge is 2.17. The lowest BCUT2D eigenvalue weighted by Gasteiger charge is -2.31. The summed E-state index contributed by atoms with van der Waals surface area (Å²) in [5.74, 6) is -0.00698. The van der Waals surface area contributed by atoms with Gasteiger partial charge in [0.05, 0.1) is 0 Å². The summed E-state index contributed by atoms with van der Waals surface area (Å²) in [5.41, 5.74) is 2.92. The molecule has 1 fully saturated rings. The Morgan fingerprint density at radius 3 is 2.45 bits per heavy atom. The fourth-order valence-corrected chi connectivity index (χ4v) is 2.47. The molecule has 110 valence electrons. The smallest absolute Gasteiger partial charge is 0.251 e. The lowest BCUT2D eigenvalue weighted by molar-refractivity contribution is 0.0919. The first-order valence-electron chi connectivity index (χ1n) is 7.26. The summed E-state index contributed by atoms with van der Waals surface area (Å²) in [6.45, 7) is 12.1. The molecule has 1 heterocycles. The van der Waals surface area contributed by atoms with Crippen molar-refractivity contribution in [2.24, 2.45) is 0 Å². The van der Waals surface area contributed by atoms with Crippen LogP contribution in [0.2, 0.25) is 0 Å². The van der Waals surface area contributed by atoms with E-state index in [0.717, 1.165) is 37.3 Å². The molecule has 20 heavy (non-hydrogen) atoms. The van der Waals surface area contributed by atoms with Gasteiger partial charge < -0.3 is 15.5 Å². The Labute approximate surface area is 121 Å². The zero-order valence-corrected chi connectivity index (χ0v) is 12.9. The van der Waals surface area contributed by atoms with Crippen LogP contribution < -0.4 is 15.5 Å². The molecule has 0 aliphatic carbocycles. The summed E-state index contributed by atoms with van der Waals surface area (Å²) < 4.78 is 0. The lowest BCUT2D eigenvalue weighted by atomic mass is 10.0. The van der Waals surface area contributed by atoms with Crippen LogP contribution in [-0.2, 0) is 0 Å². The fourth-order valence-electron chi connectivity index (χ4n) is 2.47. The maximum Gasteiger partial charge on any atom is 0.251 e. The summed E-state index contributed by atoms with van der Waals surface area (Å²) in [6, 6.07) is 5.97. The topological polar surface area (TPSA) is 44.4 Å². The van der Waals surface area contributed by atoms with Crippen LogP contribution in [0.4, 0.5) is 5.69 Å². The molecule has 1 aromatic carbocycles. The number of nitrogens with one attached hydrogen (secondary N) is 2. The Hall–Kier alpha value is -1.55. The normalized spacial score (nSPS) is 16.1. The zero-order chi connectivity index (χ0) is 14.8. The monoisotopic (exact) mass is 275 g/mol. The van der Waals surface area contributed by atoms with Gasteiger partial charge in [-0.2, -0.15) is 0 Å². The van der Waals surface area contributed by atoms with Crippen molar-refractivity contribution >= 4 is 11.6 Å². The van der Waals surface area contributed by atoms with Gasteiger partial charge in [-0.05, 0) is 51.5 Å². The van der Waals surface area contributed by atoms with E-state index in [2.05, 4.69) is 28.5 Å². The van der Waals surface area contributed by atoms with E-state index in [-0.39, 0.29) is 11.4 Å². The minimum absolute atomic E-state index is 0.00698. The van der Waals surface area contributed by atoms with Crippen LogP contribution in [0, 0.1) is 6.92 Å². The third-order valence-corrected chi connectivity index (χ3v) is 3.41. The number of hydrogen-bond acceptors (Lipinski definition) is 3. The summed E-state index contributed by atoms with van der Waals surface area (Å²) in [7, 11) is 0.